The van der Waals surface area contributed by atoms with Gasteiger partial charge in [-0.05, 0) is 43.5 Å². The van der Waals surface area contributed by atoms with E-state index >= 15 is 0 Å². The number of ether oxygens (including phenoxy) is 1. The molecule has 0 unspecified atom stereocenters. The second-order valence-electron chi connectivity index (χ2n) is 4.07. The Morgan fingerprint density at radius 3 is 2.83 bits per heavy atom. The maximum absolute atomic E-state index is 6.02. The summed E-state index contributed by atoms with van der Waals surface area (Å²) < 4.78 is 7.29. The SMILES string of the molecule is CCOc1ccc(Cl)cc1CCc1cn(C)nn1. The van der Waals surface area contributed by atoms with E-state index in [1.807, 2.05) is 38.4 Å². The number of rotatable bonds is 5. The van der Waals surface area contributed by atoms with E-state index in [9.17, 15) is 0 Å². The predicted molar refractivity (Wildman–Crippen MR) is 71.0 cm³/mol. The second kappa shape index (κ2) is 5.87. The van der Waals surface area contributed by atoms with Gasteiger partial charge in [-0.15, -0.1) is 5.10 Å². The third-order valence-corrected chi connectivity index (χ3v) is 2.86. The Morgan fingerprint density at radius 1 is 1.33 bits per heavy atom. The van der Waals surface area contributed by atoms with Crippen LogP contribution in [0.4, 0.5) is 0 Å². The minimum Gasteiger partial charge on any atom is -0.494 e. The first-order valence-electron chi connectivity index (χ1n) is 5.95. The Morgan fingerprint density at radius 2 is 2.17 bits per heavy atom. The molecule has 96 valence electrons. The summed E-state index contributed by atoms with van der Waals surface area (Å²) in [5.74, 6) is 0.894. The molecule has 1 aromatic carbocycles. The normalized spacial score (nSPS) is 10.6. The fourth-order valence-corrected chi connectivity index (χ4v) is 2.01. The van der Waals surface area contributed by atoms with Crippen molar-refractivity contribution in [2.75, 3.05) is 6.61 Å². The zero-order valence-electron chi connectivity index (χ0n) is 10.6. The Kier molecular flexibility index (Phi) is 4.20. The fraction of sp³-hybridized carbons (Fsp3) is 0.385. The highest BCUT2D eigenvalue weighted by atomic mass is 35.5. The van der Waals surface area contributed by atoms with Crippen molar-refractivity contribution in [1.82, 2.24) is 15.0 Å². The highest BCUT2D eigenvalue weighted by Gasteiger charge is 2.06. The third kappa shape index (κ3) is 3.23. The number of halogens is 1. The first kappa shape index (κ1) is 12.9. The molecule has 0 amide bonds. The van der Waals surface area contributed by atoms with E-state index in [1.165, 1.54) is 0 Å². The van der Waals surface area contributed by atoms with Crippen LogP contribution in [0.3, 0.4) is 0 Å². The van der Waals surface area contributed by atoms with Gasteiger partial charge in [-0.2, -0.15) is 0 Å². The minimum atomic E-state index is 0.653. The van der Waals surface area contributed by atoms with Crippen LogP contribution in [0.2, 0.25) is 5.02 Å². The molecule has 5 heteroatoms. The second-order valence-corrected chi connectivity index (χ2v) is 4.51. The molecule has 1 aromatic heterocycles. The van der Waals surface area contributed by atoms with E-state index in [0.29, 0.717) is 6.61 Å². The van der Waals surface area contributed by atoms with Gasteiger partial charge in [-0.3, -0.25) is 4.68 Å². The van der Waals surface area contributed by atoms with Crippen LogP contribution >= 0.6 is 11.6 Å². The summed E-state index contributed by atoms with van der Waals surface area (Å²) in [5.41, 5.74) is 2.08. The van der Waals surface area contributed by atoms with Gasteiger partial charge in [0.2, 0.25) is 0 Å². The van der Waals surface area contributed by atoms with Gasteiger partial charge in [0, 0.05) is 18.3 Å². The van der Waals surface area contributed by atoms with Gasteiger partial charge in [-0.1, -0.05) is 16.8 Å². The van der Waals surface area contributed by atoms with Gasteiger partial charge in [0.1, 0.15) is 5.75 Å². The van der Waals surface area contributed by atoms with Crippen LogP contribution in [0.1, 0.15) is 18.2 Å². The van der Waals surface area contributed by atoms with Gasteiger partial charge < -0.3 is 4.74 Å². The smallest absolute Gasteiger partial charge is 0.122 e. The van der Waals surface area contributed by atoms with Crippen molar-refractivity contribution in [3.63, 3.8) is 0 Å². The fourth-order valence-electron chi connectivity index (χ4n) is 1.81. The predicted octanol–water partition coefficient (Wildman–Crippen LogP) is 2.65. The third-order valence-electron chi connectivity index (χ3n) is 2.62. The number of aryl methyl sites for hydroxylation is 3. The van der Waals surface area contributed by atoms with E-state index in [0.717, 1.165) is 34.9 Å². The highest BCUT2D eigenvalue weighted by molar-refractivity contribution is 6.30. The van der Waals surface area contributed by atoms with Gasteiger partial charge in [0.05, 0.1) is 12.3 Å². The molecule has 0 N–H and O–H groups in total. The van der Waals surface area contributed by atoms with Crippen molar-refractivity contribution in [2.45, 2.75) is 19.8 Å². The Hall–Kier alpha value is -1.55. The molecule has 18 heavy (non-hydrogen) atoms. The lowest BCUT2D eigenvalue weighted by Gasteiger charge is -2.09. The van der Waals surface area contributed by atoms with Crippen molar-refractivity contribution < 1.29 is 4.74 Å². The van der Waals surface area contributed by atoms with Crippen LogP contribution in [0, 0.1) is 0 Å². The zero-order chi connectivity index (χ0) is 13.0. The molecule has 0 saturated carbocycles. The molecule has 0 saturated heterocycles. The monoisotopic (exact) mass is 265 g/mol. The van der Waals surface area contributed by atoms with Crippen molar-refractivity contribution in [1.29, 1.82) is 0 Å². The van der Waals surface area contributed by atoms with E-state index < -0.39 is 0 Å². The van der Waals surface area contributed by atoms with E-state index in [4.69, 9.17) is 16.3 Å². The van der Waals surface area contributed by atoms with Gasteiger partial charge in [0.25, 0.3) is 0 Å². The van der Waals surface area contributed by atoms with Crippen LogP contribution in [-0.4, -0.2) is 21.6 Å². The molecule has 0 aliphatic carbocycles. The molecule has 0 atom stereocenters. The van der Waals surface area contributed by atoms with Crippen molar-refractivity contribution >= 4 is 11.6 Å². The summed E-state index contributed by atoms with van der Waals surface area (Å²) in [6, 6.07) is 5.71. The molecular weight excluding hydrogens is 250 g/mol. The van der Waals surface area contributed by atoms with E-state index in [1.54, 1.807) is 4.68 Å². The van der Waals surface area contributed by atoms with Crippen LogP contribution in [0.5, 0.6) is 5.75 Å². The molecule has 0 radical (unpaired) electrons. The molecule has 0 aliphatic heterocycles. The maximum Gasteiger partial charge on any atom is 0.122 e. The molecule has 0 aliphatic rings. The summed E-state index contributed by atoms with van der Waals surface area (Å²) in [4.78, 5) is 0. The molecular formula is C13H16ClN3O. The Balaban J connectivity index is 2.09. The first-order valence-corrected chi connectivity index (χ1v) is 6.33. The van der Waals surface area contributed by atoms with E-state index in [-0.39, 0.29) is 0 Å². The standard InChI is InChI=1S/C13H16ClN3O/c1-3-18-13-7-5-11(14)8-10(13)4-6-12-9-17(2)16-15-12/h5,7-9H,3-4,6H2,1-2H3. The number of aromatic nitrogens is 3. The van der Waals surface area contributed by atoms with Gasteiger partial charge >= 0.3 is 0 Å². The first-order chi connectivity index (χ1) is 8.69. The number of hydrogen-bond acceptors (Lipinski definition) is 3. The van der Waals surface area contributed by atoms with Gasteiger partial charge in [0.15, 0.2) is 0 Å². The molecule has 1 heterocycles. The molecule has 2 aromatic rings. The molecule has 0 fully saturated rings. The largest absolute Gasteiger partial charge is 0.494 e. The quantitative estimate of drug-likeness (QED) is 0.834. The lowest BCUT2D eigenvalue weighted by molar-refractivity contribution is 0.336. The molecule has 0 bridgehead atoms. The number of nitrogens with zero attached hydrogens (tertiary/aromatic N) is 3. The van der Waals surface area contributed by atoms with Crippen molar-refractivity contribution in [3.05, 3.63) is 40.7 Å². The minimum absolute atomic E-state index is 0.653. The van der Waals surface area contributed by atoms with Crippen LogP contribution in [-0.2, 0) is 19.9 Å². The van der Waals surface area contributed by atoms with Crippen molar-refractivity contribution in [3.8, 4) is 5.75 Å². The lowest BCUT2D eigenvalue weighted by atomic mass is 10.1. The number of hydrogen-bond donors (Lipinski definition) is 0. The molecule has 4 nitrogen and oxygen atoms in total. The maximum atomic E-state index is 6.02. The Bertz CT molecular complexity index is 525. The van der Waals surface area contributed by atoms with Crippen molar-refractivity contribution in [2.24, 2.45) is 7.05 Å². The zero-order valence-corrected chi connectivity index (χ0v) is 11.3. The Labute approximate surface area is 112 Å². The van der Waals surface area contributed by atoms with Crippen LogP contribution in [0.15, 0.2) is 24.4 Å². The van der Waals surface area contributed by atoms with Crippen LogP contribution in [0.25, 0.3) is 0 Å². The average molecular weight is 266 g/mol. The summed E-state index contributed by atoms with van der Waals surface area (Å²) >= 11 is 6.02. The molecule has 2 rings (SSSR count). The lowest BCUT2D eigenvalue weighted by Crippen LogP contribution is -1.99. The van der Waals surface area contributed by atoms with Gasteiger partial charge in [-0.25, -0.2) is 0 Å². The summed E-state index contributed by atoms with van der Waals surface area (Å²) in [6.07, 6.45) is 3.59. The summed E-state index contributed by atoms with van der Waals surface area (Å²) in [7, 11) is 1.86. The molecule has 0 spiro atoms. The highest BCUT2D eigenvalue weighted by Crippen LogP contribution is 2.24. The summed E-state index contributed by atoms with van der Waals surface area (Å²) in [5, 5.41) is 8.71. The average Bonchev–Trinajstić information content (AvgIpc) is 2.76. The topological polar surface area (TPSA) is 39.9 Å². The van der Waals surface area contributed by atoms with E-state index in [2.05, 4.69) is 10.3 Å². The number of benzene rings is 1. The summed E-state index contributed by atoms with van der Waals surface area (Å²) in [6.45, 7) is 2.63. The van der Waals surface area contributed by atoms with Crippen LogP contribution < -0.4 is 4.74 Å².